The van der Waals surface area contributed by atoms with Crippen molar-refractivity contribution in [2.24, 2.45) is 5.41 Å². The minimum atomic E-state index is -0.165. The number of likely N-dealkylation sites (tertiary alicyclic amines) is 1. The molecule has 0 unspecified atom stereocenters. The minimum absolute atomic E-state index is 0.165. The highest BCUT2D eigenvalue weighted by atomic mass is 19.1. The fraction of sp³-hybridized carbons (Fsp3) is 0.700. The summed E-state index contributed by atoms with van der Waals surface area (Å²) in [5.41, 5.74) is 1.42. The molecule has 1 aromatic carbocycles. The van der Waals surface area contributed by atoms with Crippen LogP contribution < -0.4 is 0 Å². The molecule has 0 amide bonds. The standard InChI is InChI=1S/C20H29FN2O2/c21-18-3-1-17(2-4-18)13-22-9-12-25-16-20(14-22)7-8-23(15-20)19-5-10-24-11-6-19/h1-4,19H,5-16H2/t20-/m1/s1. The molecule has 3 aliphatic heterocycles. The first kappa shape index (κ1) is 17.4. The summed E-state index contributed by atoms with van der Waals surface area (Å²) < 4.78 is 24.7. The summed E-state index contributed by atoms with van der Waals surface area (Å²) in [7, 11) is 0. The SMILES string of the molecule is Fc1ccc(CN2CCOC[C@]3(CCN(C4CCOCC4)C3)C2)cc1. The molecule has 0 aliphatic carbocycles. The first-order valence-electron chi connectivity index (χ1n) is 9.59. The molecule has 1 spiro atoms. The zero-order chi connectivity index (χ0) is 17.1. The van der Waals surface area contributed by atoms with Gasteiger partial charge in [-0.25, -0.2) is 4.39 Å². The van der Waals surface area contributed by atoms with Gasteiger partial charge in [0.05, 0.1) is 13.2 Å². The van der Waals surface area contributed by atoms with E-state index in [2.05, 4.69) is 9.80 Å². The van der Waals surface area contributed by atoms with Gasteiger partial charge in [0.2, 0.25) is 0 Å². The van der Waals surface area contributed by atoms with E-state index >= 15 is 0 Å². The Hall–Kier alpha value is -1.01. The van der Waals surface area contributed by atoms with Crippen molar-refractivity contribution in [3.63, 3.8) is 0 Å². The highest BCUT2D eigenvalue weighted by molar-refractivity contribution is 5.16. The van der Waals surface area contributed by atoms with E-state index in [9.17, 15) is 4.39 Å². The van der Waals surface area contributed by atoms with Crippen LogP contribution in [0.2, 0.25) is 0 Å². The molecule has 25 heavy (non-hydrogen) atoms. The number of nitrogens with zero attached hydrogens (tertiary/aromatic N) is 2. The molecule has 0 radical (unpaired) electrons. The van der Waals surface area contributed by atoms with Gasteiger partial charge in [-0.3, -0.25) is 9.80 Å². The maximum atomic E-state index is 13.1. The van der Waals surface area contributed by atoms with Crippen LogP contribution in [0.15, 0.2) is 24.3 Å². The first-order chi connectivity index (χ1) is 12.2. The van der Waals surface area contributed by atoms with E-state index in [0.717, 1.165) is 65.4 Å². The predicted octanol–water partition coefficient (Wildman–Crippen LogP) is 2.53. The van der Waals surface area contributed by atoms with Gasteiger partial charge in [0.25, 0.3) is 0 Å². The molecule has 1 aromatic rings. The minimum Gasteiger partial charge on any atom is -0.381 e. The lowest BCUT2D eigenvalue weighted by Crippen LogP contribution is -2.43. The van der Waals surface area contributed by atoms with Gasteiger partial charge in [-0.05, 0) is 43.5 Å². The molecule has 4 rings (SSSR count). The second-order valence-electron chi connectivity index (χ2n) is 7.95. The normalized spacial score (nSPS) is 30.0. The smallest absolute Gasteiger partial charge is 0.123 e. The third-order valence-corrected chi connectivity index (χ3v) is 6.01. The maximum Gasteiger partial charge on any atom is 0.123 e. The maximum absolute atomic E-state index is 13.1. The molecule has 0 saturated carbocycles. The highest BCUT2D eigenvalue weighted by Gasteiger charge is 2.43. The van der Waals surface area contributed by atoms with E-state index in [1.807, 2.05) is 12.1 Å². The summed E-state index contributed by atoms with van der Waals surface area (Å²) in [5, 5.41) is 0. The zero-order valence-corrected chi connectivity index (χ0v) is 15.0. The van der Waals surface area contributed by atoms with Gasteiger partial charge >= 0.3 is 0 Å². The number of rotatable bonds is 3. The highest BCUT2D eigenvalue weighted by Crippen LogP contribution is 2.36. The third kappa shape index (κ3) is 4.22. The molecule has 0 bridgehead atoms. The molecular weight excluding hydrogens is 319 g/mol. The molecule has 3 fully saturated rings. The molecule has 4 nitrogen and oxygen atoms in total. The van der Waals surface area contributed by atoms with Crippen molar-refractivity contribution in [2.75, 3.05) is 52.6 Å². The molecule has 3 aliphatic rings. The molecule has 138 valence electrons. The predicted molar refractivity (Wildman–Crippen MR) is 95.0 cm³/mol. The van der Waals surface area contributed by atoms with Gasteiger partial charge < -0.3 is 9.47 Å². The van der Waals surface area contributed by atoms with E-state index in [-0.39, 0.29) is 11.2 Å². The van der Waals surface area contributed by atoms with E-state index < -0.39 is 0 Å². The van der Waals surface area contributed by atoms with Crippen LogP contribution >= 0.6 is 0 Å². The summed E-state index contributed by atoms with van der Waals surface area (Å²) >= 11 is 0. The molecular formula is C20H29FN2O2. The van der Waals surface area contributed by atoms with Gasteiger partial charge in [-0.1, -0.05) is 12.1 Å². The van der Waals surface area contributed by atoms with Gasteiger partial charge in [0.15, 0.2) is 0 Å². The molecule has 3 heterocycles. The van der Waals surface area contributed by atoms with Crippen molar-refractivity contribution >= 4 is 0 Å². The molecule has 1 atom stereocenters. The van der Waals surface area contributed by atoms with Gasteiger partial charge in [-0.15, -0.1) is 0 Å². The summed E-state index contributed by atoms with van der Waals surface area (Å²) in [6, 6.07) is 7.60. The van der Waals surface area contributed by atoms with Crippen LogP contribution in [-0.2, 0) is 16.0 Å². The number of hydrogen-bond acceptors (Lipinski definition) is 4. The Balaban J connectivity index is 1.40. The largest absolute Gasteiger partial charge is 0.381 e. The summed E-state index contributed by atoms with van der Waals surface area (Å²) in [5.74, 6) is -0.165. The monoisotopic (exact) mass is 348 g/mol. The van der Waals surface area contributed by atoms with Gasteiger partial charge in [0.1, 0.15) is 5.82 Å². The van der Waals surface area contributed by atoms with Crippen LogP contribution in [0.5, 0.6) is 0 Å². The lowest BCUT2D eigenvalue weighted by molar-refractivity contribution is 0.0284. The van der Waals surface area contributed by atoms with E-state index in [4.69, 9.17) is 9.47 Å². The second kappa shape index (κ2) is 7.70. The molecule has 3 saturated heterocycles. The van der Waals surface area contributed by atoms with Crippen molar-refractivity contribution < 1.29 is 13.9 Å². The van der Waals surface area contributed by atoms with Crippen LogP contribution in [0.1, 0.15) is 24.8 Å². The average Bonchev–Trinajstić information content (AvgIpc) is 2.94. The van der Waals surface area contributed by atoms with Crippen LogP contribution in [0.3, 0.4) is 0 Å². The third-order valence-electron chi connectivity index (χ3n) is 6.01. The summed E-state index contributed by atoms with van der Waals surface area (Å²) in [6.07, 6.45) is 3.54. The van der Waals surface area contributed by atoms with Crippen molar-refractivity contribution in [3.05, 3.63) is 35.6 Å². The lowest BCUT2D eigenvalue weighted by Gasteiger charge is -2.35. The second-order valence-corrected chi connectivity index (χ2v) is 7.95. The number of ether oxygens (including phenoxy) is 2. The summed E-state index contributed by atoms with van der Waals surface area (Å²) in [4.78, 5) is 5.17. The molecule has 0 N–H and O–H groups in total. The topological polar surface area (TPSA) is 24.9 Å². The Morgan fingerprint density at radius 1 is 1.00 bits per heavy atom. The van der Waals surface area contributed by atoms with E-state index in [1.54, 1.807) is 12.1 Å². The fourth-order valence-electron chi connectivity index (χ4n) is 4.64. The first-order valence-corrected chi connectivity index (χ1v) is 9.59. The average molecular weight is 348 g/mol. The van der Waals surface area contributed by atoms with Crippen LogP contribution in [0, 0.1) is 11.2 Å². The van der Waals surface area contributed by atoms with Crippen molar-refractivity contribution in [1.29, 1.82) is 0 Å². The Bertz CT molecular complexity index is 561. The molecule has 0 aromatic heterocycles. The van der Waals surface area contributed by atoms with Crippen molar-refractivity contribution in [2.45, 2.75) is 31.8 Å². The number of hydrogen-bond donors (Lipinski definition) is 0. The van der Waals surface area contributed by atoms with Crippen molar-refractivity contribution in [1.82, 2.24) is 9.80 Å². The van der Waals surface area contributed by atoms with E-state index in [1.165, 1.54) is 18.5 Å². The Labute approximate surface area is 149 Å². The lowest BCUT2D eigenvalue weighted by atomic mass is 9.87. The Morgan fingerprint density at radius 3 is 2.60 bits per heavy atom. The fourth-order valence-corrected chi connectivity index (χ4v) is 4.64. The van der Waals surface area contributed by atoms with Crippen molar-refractivity contribution in [3.8, 4) is 0 Å². The Morgan fingerprint density at radius 2 is 1.80 bits per heavy atom. The zero-order valence-electron chi connectivity index (χ0n) is 15.0. The quantitative estimate of drug-likeness (QED) is 0.838. The van der Waals surface area contributed by atoms with E-state index in [0.29, 0.717) is 6.04 Å². The number of benzene rings is 1. The Kier molecular flexibility index (Phi) is 5.36. The van der Waals surface area contributed by atoms with Gasteiger partial charge in [0, 0.05) is 50.8 Å². The molecule has 5 heteroatoms. The van der Waals surface area contributed by atoms with Gasteiger partial charge in [-0.2, -0.15) is 0 Å². The van der Waals surface area contributed by atoms with Crippen LogP contribution in [0.4, 0.5) is 4.39 Å². The number of halogens is 1. The van der Waals surface area contributed by atoms with Crippen LogP contribution in [-0.4, -0.2) is 68.4 Å². The van der Waals surface area contributed by atoms with Crippen LogP contribution in [0.25, 0.3) is 0 Å². The summed E-state index contributed by atoms with van der Waals surface area (Å²) in [6.45, 7) is 8.69.